The number of thioether (sulfide) groups is 1. The highest BCUT2D eigenvalue weighted by atomic mass is 32.2. The summed E-state index contributed by atoms with van der Waals surface area (Å²) in [6.07, 6.45) is 2.05. The van der Waals surface area contributed by atoms with Gasteiger partial charge < -0.3 is 5.32 Å². The third-order valence-electron chi connectivity index (χ3n) is 3.32. The molecule has 0 radical (unpaired) electrons. The van der Waals surface area contributed by atoms with E-state index in [0.717, 1.165) is 36.0 Å². The van der Waals surface area contributed by atoms with Crippen LogP contribution in [0, 0.1) is 10.1 Å². The van der Waals surface area contributed by atoms with Gasteiger partial charge in [0.25, 0.3) is 0 Å². The van der Waals surface area contributed by atoms with Gasteiger partial charge in [-0.3, -0.25) is 10.1 Å². The summed E-state index contributed by atoms with van der Waals surface area (Å²) in [6, 6.07) is 1.10. The molecule has 0 saturated carbocycles. The van der Waals surface area contributed by atoms with Crippen molar-refractivity contribution < 1.29 is 13.3 Å². The molecule has 1 aliphatic heterocycles. The molecule has 1 aromatic heterocycles. The average Bonchev–Trinajstić information content (AvgIpc) is 3.03. The molecule has 0 aromatic carbocycles. The van der Waals surface area contributed by atoms with Crippen LogP contribution in [0.15, 0.2) is 10.3 Å². The van der Waals surface area contributed by atoms with Gasteiger partial charge in [-0.05, 0) is 25.5 Å². The molecule has 1 saturated heterocycles. The standard InChI is InChI=1S/C11H17N3O4S3/c1-11(4-3-5-19-11)7-13-21(17,18)9-6-8(14(15)16)10(12-2)20-9/h6,12-13H,3-5,7H2,1-2H3. The topological polar surface area (TPSA) is 101 Å². The van der Waals surface area contributed by atoms with Gasteiger partial charge in [0.05, 0.1) is 4.92 Å². The Hall–Kier alpha value is -0.840. The lowest BCUT2D eigenvalue weighted by Gasteiger charge is -2.22. The van der Waals surface area contributed by atoms with Crippen molar-refractivity contribution in [3.05, 3.63) is 16.2 Å². The molecule has 118 valence electrons. The lowest BCUT2D eigenvalue weighted by molar-refractivity contribution is -0.383. The van der Waals surface area contributed by atoms with E-state index in [1.165, 1.54) is 7.05 Å². The Morgan fingerprint density at radius 1 is 1.52 bits per heavy atom. The molecule has 0 amide bonds. The molecule has 2 heterocycles. The monoisotopic (exact) mass is 351 g/mol. The second-order valence-electron chi connectivity index (χ2n) is 5.01. The average molecular weight is 351 g/mol. The van der Waals surface area contributed by atoms with Gasteiger partial charge in [-0.15, -0.1) is 0 Å². The second kappa shape index (κ2) is 6.11. The van der Waals surface area contributed by atoms with Crippen molar-refractivity contribution in [2.24, 2.45) is 0 Å². The van der Waals surface area contributed by atoms with Crippen LogP contribution >= 0.6 is 23.1 Å². The van der Waals surface area contributed by atoms with E-state index < -0.39 is 14.9 Å². The molecular weight excluding hydrogens is 334 g/mol. The maximum atomic E-state index is 12.3. The van der Waals surface area contributed by atoms with Crippen molar-refractivity contribution in [1.29, 1.82) is 0 Å². The normalized spacial score (nSPS) is 22.4. The Morgan fingerprint density at radius 2 is 2.24 bits per heavy atom. The summed E-state index contributed by atoms with van der Waals surface area (Å²) < 4.78 is 27.0. The molecular formula is C11H17N3O4S3. The zero-order chi connectivity index (χ0) is 15.7. The molecule has 0 spiro atoms. The van der Waals surface area contributed by atoms with Crippen molar-refractivity contribution >= 4 is 43.8 Å². The highest BCUT2D eigenvalue weighted by molar-refractivity contribution is 8.01. The predicted octanol–water partition coefficient (Wildman–Crippen LogP) is 2.26. The Balaban J connectivity index is 2.17. The molecule has 2 rings (SSSR count). The van der Waals surface area contributed by atoms with E-state index in [-0.39, 0.29) is 19.6 Å². The number of nitrogens with zero attached hydrogens (tertiary/aromatic N) is 1. The van der Waals surface area contributed by atoms with Gasteiger partial charge in [0.15, 0.2) is 5.00 Å². The first-order valence-corrected chi connectivity index (χ1v) is 9.65. The molecule has 1 fully saturated rings. The van der Waals surface area contributed by atoms with Crippen LogP contribution in [0.2, 0.25) is 0 Å². The number of hydrogen-bond donors (Lipinski definition) is 2. The lowest BCUT2D eigenvalue weighted by atomic mass is 10.1. The molecule has 7 nitrogen and oxygen atoms in total. The first-order valence-electron chi connectivity index (χ1n) is 6.37. The highest BCUT2D eigenvalue weighted by Gasteiger charge is 2.32. The second-order valence-corrected chi connectivity index (χ2v) is 9.74. The van der Waals surface area contributed by atoms with E-state index in [2.05, 4.69) is 10.0 Å². The van der Waals surface area contributed by atoms with Gasteiger partial charge >= 0.3 is 5.69 Å². The fourth-order valence-corrected chi connectivity index (χ4v) is 5.93. The van der Waals surface area contributed by atoms with E-state index in [0.29, 0.717) is 6.54 Å². The number of hydrogen-bond acceptors (Lipinski definition) is 7. The number of nitro groups is 1. The smallest absolute Gasteiger partial charge is 0.304 e. The van der Waals surface area contributed by atoms with Crippen LogP contribution in [-0.4, -0.2) is 37.4 Å². The van der Waals surface area contributed by atoms with Crippen molar-refractivity contribution in [3.63, 3.8) is 0 Å². The minimum absolute atomic E-state index is 0.0369. The molecule has 1 unspecified atom stereocenters. The molecule has 0 bridgehead atoms. The molecule has 1 atom stereocenters. The lowest BCUT2D eigenvalue weighted by Crippen LogP contribution is -2.36. The largest absolute Gasteiger partial charge is 0.374 e. The predicted molar refractivity (Wildman–Crippen MR) is 85.8 cm³/mol. The molecule has 10 heteroatoms. The van der Waals surface area contributed by atoms with Crippen molar-refractivity contribution in [3.8, 4) is 0 Å². The summed E-state index contributed by atoms with van der Waals surface area (Å²) >= 11 is 2.62. The highest BCUT2D eigenvalue weighted by Crippen LogP contribution is 2.39. The van der Waals surface area contributed by atoms with Crippen LogP contribution < -0.4 is 10.0 Å². The Labute approximate surface area is 131 Å². The maximum Gasteiger partial charge on any atom is 0.304 e. The summed E-state index contributed by atoms with van der Waals surface area (Å²) in [6.45, 7) is 2.36. The van der Waals surface area contributed by atoms with Crippen molar-refractivity contribution in [2.45, 2.75) is 28.7 Å². The van der Waals surface area contributed by atoms with E-state index in [1.54, 1.807) is 11.8 Å². The number of rotatable bonds is 6. The zero-order valence-corrected chi connectivity index (χ0v) is 14.2. The third-order valence-corrected chi connectivity index (χ3v) is 7.87. The van der Waals surface area contributed by atoms with Gasteiger partial charge in [0.2, 0.25) is 10.0 Å². The van der Waals surface area contributed by atoms with E-state index >= 15 is 0 Å². The number of sulfonamides is 1. The summed E-state index contributed by atoms with van der Waals surface area (Å²) in [7, 11) is -2.19. The number of nitrogens with one attached hydrogen (secondary N) is 2. The van der Waals surface area contributed by atoms with Gasteiger partial charge in [-0.1, -0.05) is 11.3 Å². The quantitative estimate of drug-likeness (QED) is 0.602. The molecule has 2 N–H and O–H groups in total. The first-order chi connectivity index (χ1) is 9.77. The third kappa shape index (κ3) is 3.68. The minimum atomic E-state index is -3.72. The molecule has 0 aliphatic carbocycles. The van der Waals surface area contributed by atoms with E-state index in [4.69, 9.17) is 0 Å². The van der Waals surface area contributed by atoms with Gasteiger partial charge in [-0.25, -0.2) is 13.1 Å². The maximum absolute atomic E-state index is 12.3. The van der Waals surface area contributed by atoms with Crippen LogP contribution in [0.4, 0.5) is 10.7 Å². The van der Waals surface area contributed by atoms with E-state index in [9.17, 15) is 18.5 Å². The number of thiophene rings is 1. The first kappa shape index (κ1) is 16.5. The molecule has 1 aliphatic rings. The van der Waals surface area contributed by atoms with Crippen LogP contribution in [0.1, 0.15) is 19.8 Å². The summed E-state index contributed by atoms with van der Waals surface area (Å²) in [5, 5.41) is 13.8. The van der Waals surface area contributed by atoms with Gasteiger partial charge in [-0.2, -0.15) is 11.8 Å². The van der Waals surface area contributed by atoms with Crippen LogP contribution in [-0.2, 0) is 10.0 Å². The van der Waals surface area contributed by atoms with E-state index in [1.807, 2.05) is 6.92 Å². The fourth-order valence-electron chi connectivity index (χ4n) is 2.10. The molecule has 1 aromatic rings. The Morgan fingerprint density at radius 3 is 2.71 bits per heavy atom. The summed E-state index contributed by atoms with van der Waals surface area (Å²) in [5.74, 6) is 1.03. The van der Waals surface area contributed by atoms with Gasteiger partial charge in [0.1, 0.15) is 4.21 Å². The minimum Gasteiger partial charge on any atom is -0.374 e. The SMILES string of the molecule is CNc1sc(S(=O)(=O)NCC2(C)CCCS2)cc1[N+](=O)[O-]. The zero-order valence-electron chi connectivity index (χ0n) is 11.7. The summed E-state index contributed by atoms with van der Waals surface area (Å²) in [4.78, 5) is 10.3. The molecule has 21 heavy (non-hydrogen) atoms. The van der Waals surface area contributed by atoms with Crippen molar-refractivity contribution in [2.75, 3.05) is 24.7 Å². The Kier molecular flexibility index (Phi) is 4.81. The van der Waals surface area contributed by atoms with Gasteiger partial charge in [0, 0.05) is 24.4 Å². The fraction of sp³-hybridized carbons (Fsp3) is 0.636. The number of anilines is 1. The van der Waals surface area contributed by atoms with Crippen LogP contribution in [0.25, 0.3) is 0 Å². The Bertz CT molecular complexity index is 635. The van der Waals surface area contributed by atoms with Crippen molar-refractivity contribution in [1.82, 2.24) is 4.72 Å². The summed E-state index contributed by atoms with van der Waals surface area (Å²) in [5.41, 5.74) is -0.218. The van der Waals surface area contributed by atoms with Crippen LogP contribution in [0.3, 0.4) is 0 Å². The van der Waals surface area contributed by atoms with Crippen LogP contribution in [0.5, 0.6) is 0 Å².